The Morgan fingerprint density at radius 3 is 2.63 bits per heavy atom. The lowest BCUT2D eigenvalue weighted by molar-refractivity contribution is -0.643. The highest BCUT2D eigenvalue weighted by Gasteiger charge is 2.25. The summed E-state index contributed by atoms with van der Waals surface area (Å²) in [7, 11) is 2.16. The first-order chi connectivity index (χ1) is 14.3. The van der Waals surface area contributed by atoms with Gasteiger partial charge in [-0.25, -0.2) is 4.57 Å². The van der Waals surface area contributed by atoms with E-state index in [4.69, 9.17) is 4.98 Å². The van der Waals surface area contributed by atoms with Crippen molar-refractivity contribution in [2.75, 3.05) is 0 Å². The topological polar surface area (TPSA) is 21.2 Å². The monoisotopic (exact) mass is 392 g/mol. The summed E-state index contributed by atoms with van der Waals surface area (Å²) in [6.45, 7) is 9.16. The average Bonchev–Trinajstić information content (AvgIpc) is 3.02. The lowest BCUT2D eigenvalue weighted by Crippen LogP contribution is -2.29. The lowest BCUT2D eigenvalue weighted by Gasteiger charge is -2.20. The van der Waals surface area contributed by atoms with Gasteiger partial charge in [-0.15, -0.1) is 0 Å². The van der Waals surface area contributed by atoms with Crippen LogP contribution in [-0.2, 0) is 13.5 Å². The number of hydrogen-bond acceptors (Lipinski definition) is 1. The quantitative estimate of drug-likeness (QED) is 0.188. The number of aryl methyl sites for hydroxylation is 2. The second-order valence-corrected chi connectivity index (χ2v) is 9.95. The van der Waals surface area contributed by atoms with E-state index in [0.29, 0.717) is 0 Å². The van der Waals surface area contributed by atoms with Crippen molar-refractivity contribution >= 4 is 49.1 Å². The molecule has 0 saturated heterocycles. The number of hydrogen-bond donors (Lipinski definition) is 0. The molecule has 0 atom stereocenters. The van der Waals surface area contributed by atoms with Crippen molar-refractivity contribution in [3.63, 3.8) is 0 Å². The van der Waals surface area contributed by atoms with Crippen LogP contribution < -0.4 is 4.57 Å². The van der Waals surface area contributed by atoms with Gasteiger partial charge in [0.2, 0.25) is 5.52 Å². The van der Waals surface area contributed by atoms with Gasteiger partial charge in [0, 0.05) is 17.6 Å². The molecule has 148 valence electrons. The highest BCUT2D eigenvalue weighted by atomic mass is 15.0. The standard InChI is InChI=1S/C27H26N3/c1-16-8-9-19-24-20(7-6-11-28-24)30-21-14-17(15-27(2,3)4)13-18-10-12-29(5)26(23(18)21)22(16)25(19)30/h6-14H,15H2,1-5H3/q+1. The first kappa shape index (κ1) is 17.6. The van der Waals surface area contributed by atoms with Crippen LogP contribution in [0.2, 0.25) is 0 Å². The minimum absolute atomic E-state index is 0.238. The third-order valence-electron chi connectivity index (χ3n) is 6.38. The van der Waals surface area contributed by atoms with E-state index >= 15 is 0 Å². The zero-order chi connectivity index (χ0) is 20.8. The smallest absolute Gasteiger partial charge is 0.224 e. The van der Waals surface area contributed by atoms with Crippen LogP contribution in [0.3, 0.4) is 0 Å². The molecule has 3 heteroatoms. The predicted molar refractivity (Wildman–Crippen MR) is 125 cm³/mol. The van der Waals surface area contributed by atoms with E-state index in [1.165, 1.54) is 54.7 Å². The molecule has 4 aromatic heterocycles. The van der Waals surface area contributed by atoms with Crippen molar-refractivity contribution in [2.24, 2.45) is 12.5 Å². The fourth-order valence-electron chi connectivity index (χ4n) is 5.30. The Bertz CT molecular complexity index is 1610. The second-order valence-electron chi connectivity index (χ2n) is 9.95. The van der Waals surface area contributed by atoms with E-state index in [9.17, 15) is 0 Å². The summed E-state index contributed by atoms with van der Waals surface area (Å²) in [6.07, 6.45) is 5.16. The van der Waals surface area contributed by atoms with Gasteiger partial charge >= 0.3 is 0 Å². The van der Waals surface area contributed by atoms with Crippen LogP contribution in [0.5, 0.6) is 0 Å². The van der Waals surface area contributed by atoms with Crippen molar-refractivity contribution in [3.8, 4) is 0 Å². The molecule has 0 bridgehead atoms. The van der Waals surface area contributed by atoms with E-state index in [0.717, 1.165) is 11.9 Å². The zero-order valence-corrected chi connectivity index (χ0v) is 18.2. The molecular weight excluding hydrogens is 366 g/mol. The van der Waals surface area contributed by atoms with E-state index in [1.807, 2.05) is 12.3 Å². The van der Waals surface area contributed by atoms with Crippen LogP contribution in [-0.4, -0.2) is 9.38 Å². The number of nitrogens with zero attached hydrogens (tertiary/aromatic N) is 3. The molecule has 0 amide bonds. The van der Waals surface area contributed by atoms with Crippen LogP contribution >= 0.6 is 0 Å². The molecule has 0 N–H and O–H groups in total. The molecule has 6 rings (SSSR count). The summed E-state index contributed by atoms with van der Waals surface area (Å²) in [5.41, 5.74) is 9.07. The summed E-state index contributed by atoms with van der Waals surface area (Å²) < 4.78 is 4.74. The maximum absolute atomic E-state index is 4.78. The largest absolute Gasteiger partial charge is 0.306 e. The van der Waals surface area contributed by atoms with Crippen LogP contribution in [0.15, 0.2) is 54.9 Å². The first-order valence-electron chi connectivity index (χ1n) is 10.7. The fourth-order valence-corrected chi connectivity index (χ4v) is 5.30. The number of aromatic nitrogens is 3. The molecular formula is C27H26N3+. The molecule has 3 nitrogen and oxygen atoms in total. The maximum Gasteiger partial charge on any atom is 0.224 e. The molecule has 0 fully saturated rings. The molecule has 0 unspecified atom stereocenters. The second kappa shape index (κ2) is 5.69. The van der Waals surface area contributed by atoms with E-state index < -0.39 is 0 Å². The zero-order valence-electron chi connectivity index (χ0n) is 18.2. The first-order valence-corrected chi connectivity index (χ1v) is 10.7. The summed E-state index contributed by atoms with van der Waals surface area (Å²) in [5, 5.41) is 5.21. The van der Waals surface area contributed by atoms with Crippen molar-refractivity contribution in [3.05, 3.63) is 66.0 Å². The van der Waals surface area contributed by atoms with Gasteiger partial charge in [0.1, 0.15) is 7.05 Å². The third-order valence-corrected chi connectivity index (χ3v) is 6.38. The average molecular weight is 393 g/mol. The fraction of sp³-hybridized carbons (Fsp3) is 0.259. The predicted octanol–water partition coefficient (Wildman–Crippen LogP) is 6.11. The van der Waals surface area contributed by atoms with Gasteiger partial charge in [0.05, 0.1) is 32.8 Å². The van der Waals surface area contributed by atoms with Crippen molar-refractivity contribution in [1.29, 1.82) is 0 Å². The Labute approximate surface area is 175 Å². The SMILES string of the molecule is Cc1ccc2c3ncccc3n3c4cc(CC(C)(C)C)cc5cc[n+](C)c(c1c23)c54. The van der Waals surface area contributed by atoms with Crippen molar-refractivity contribution in [1.82, 2.24) is 9.38 Å². The minimum Gasteiger partial charge on any atom is -0.306 e. The molecule has 0 radical (unpaired) electrons. The Hall–Kier alpha value is -3.20. The molecule has 0 aliphatic heterocycles. The molecule has 30 heavy (non-hydrogen) atoms. The van der Waals surface area contributed by atoms with Gasteiger partial charge in [-0.1, -0.05) is 39.0 Å². The number of fused-ring (bicyclic) bond motifs is 5. The summed E-state index contributed by atoms with van der Waals surface area (Å²) in [4.78, 5) is 4.78. The van der Waals surface area contributed by atoms with E-state index in [2.05, 4.69) is 86.3 Å². The molecule has 2 aromatic carbocycles. The van der Waals surface area contributed by atoms with Crippen LogP contribution in [0.4, 0.5) is 0 Å². The Morgan fingerprint density at radius 2 is 1.83 bits per heavy atom. The number of pyridine rings is 3. The van der Waals surface area contributed by atoms with Gasteiger partial charge in [-0.05, 0) is 53.5 Å². The van der Waals surface area contributed by atoms with Gasteiger partial charge in [-0.3, -0.25) is 4.98 Å². The highest BCUT2D eigenvalue weighted by molar-refractivity contribution is 6.25. The Balaban J connectivity index is 1.98. The van der Waals surface area contributed by atoms with Crippen LogP contribution in [0, 0.1) is 12.3 Å². The normalized spacial score (nSPS) is 13.0. The highest BCUT2D eigenvalue weighted by Crippen LogP contribution is 2.40. The lowest BCUT2D eigenvalue weighted by atomic mass is 9.87. The molecule has 0 saturated carbocycles. The minimum atomic E-state index is 0.238. The summed E-state index contributed by atoms with van der Waals surface area (Å²) in [6, 6.07) is 15.8. The third kappa shape index (κ3) is 2.26. The van der Waals surface area contributed by atoms with Gasteiger partial charge in [0.15, 0.2) is 6.20 Å². The van der Waals surface area contributed by atoms with Gasteiger partial charge in [-0.2, -0.15) is 0 Å². The molecule has 6 aromatic rings. The van der Waals surface area contributed by atoms with Crippen LogP contribution in [0.1, 0.15) is 31.9 Å². The number of rotatable bonds is 1. The molecule has 4 heterocycles. The van der Waals surface area contributed by atoms with E-state index in [1.54, 1.807) is 0 Å². The summed E-state index contributed by atoms with van der Waals surface area (Å²) >= 11 is 0. The van der Waals surface area contributed by atoms with Gasteiger partial charge in [0.25, 0.3) is 0 Å². The van der Waals surface area contributed by atoms with Gasteiger partial charge < -0.3 is 4.40 Å². The van der Waals surface area contributed by atoms with E-state index in [-0.39, 0.29) is 5.41 Å². The van der Waals surface area contributed by atoms with Crippen molar-refractivity contribution < 1.29 is 4.57 Å². The maximum atomic E-state index is 4.78. The van der Waals surface area contributed by atoms with Crippen molar-refractivity contribution in [2.45, 2.75) is 34.1 Å². The van der Waals surface area contributed by atoms with Crippen LogP contribution in [0.25, 0.3) is 49.1 Å². The Kier molecular flexibility index (Phi) is 3.35. The molecule has 0 spiro atoms. The molecule has 0 aliphatic carbocycles. The summed E-state index contributed by atoms with van der Waals surface area (Å²) in [5.74, 6) is 0. The Morgan fingerprint density at radius 1 is 1.00 bits per heavy atom. The molecule has 0 aliphatic rings. The number of benzene rings is 2.